The van der Waals surface area contributed by atoms with Crippen molar-refractivity contribution in [1.82, 2.24) is 15.2 Å². The molecule has 0 aliphatic carbocycles. The number of aryl methyl sites for hydroxylation is 2. The summed E-state index contributed by atoms with van der Waals surface area (Å²) in [6.45, 7) is 4.38. The molecule has 2 heterocycles. The fourth-order valence-corrected chi connectivity index (χ4v) is 3.23. The van der Waals surface area contributed by atoms with Gasteiger partial charge in [-0.3, -0.25) is 0 Å². The Morgan fingerprint density at radius 1 is 1.30 bits per heavy atom. The van der Waals surface area contributed by atoms with Crippen LogP contribution in [0.3, 0.4) is 0 Å². The van der Waals surface area contributed by atoms with Crippen LogP contribution in [0.2, 0.25) is 0 Å². The molecule has 2 aromatic heterocycles. The van der Waals surface area contributed by atoms with Crippen molar-refractivity contribution >= 4 is 22.0 Å². The predicted octanol–water partition coefficient (Wildman–Crippen LogP) is 0.822. The maximum absolute atomic E-state index is 12.2. The Balaban J connectivity index is 2.47. The van der Waals surface area contributed by atoms with E-state index < -0.39 is 16.0 Å². The highest BCUT2D eigenvalue weighted by Gasteiger charge is 2.27. The molecule has 0 aliphatic heterocycles. The fourth-order valence-electron chi connectivity index (χ4n) is 1.85. The third kappa shape index (κ3) is 2.37. The second-order valence-corrected chi connectivity index (χ2v) is 5.74. The van der Waals surface area contributed by atoms with Crippen molar-refractivity contribution in [2.45, 2.75) is 25.7 Å². The summed E-state index contributed by atoms with van der Waals surface area (Å²) in [6, 6.07) is -0.278. The molecule has 0 unspecified atom stereocenters. The van der Waals surface area contributed by atoms with Crippen molar-refractivity contribution in [3.63, 3.8) is 0 Å². The number of carboxylic acid groups (broad SMARTS) is 1. The topological polar surface area (TPSA) is 138 Å². The van der Waals surface area contributed by atoms with E-state index in [1.165, 1.54) is 20.8 Å². The second kappa shape index (κ2) is 4.63. The van der Waals surface area contributed by atoms with Crippen LogP contribution in [0.15, 0.2) is 9.31 Å². The average molecular weight is 300 g/mol. The number of anilines is 1. The van der Waals surface area contributed by atoms with Gasteiger partial charge in [-0.15, -0.1) is 5.10 Å². The number of aromatic amines is 1. The van der Waals surface area contributed by atoms with Crippen LogP contribution in [0.5, 0.6) is 0 Å². The lowest BCUT2D eigenvalue weighted by Gasteiger charge is -2.04. The smallest absolute Gasteiger partial charge is 0.352 e. The summed E-state index contributed by atoms with van der Waals surface area (Å²) in [4.78, 5) is 13.4. The van der Waals surface area contributed by atoms with E-state index in [2.05, 4.69) is 19.9 Å². The van der Waals surface area contributed by atoms with Crippen molar-refractivity contribution < 1.29 is 22.7 Å². The van der Waals surface area contributed by atoms with Gasteiger partial charge in [0.2, 0.25) is 5.89 Å². The molecule has 9 nitrogen and oxygen atoms in total. The van der Waals surface area contributed by atoms with E-state index in [1.54, 1.807) is 0 Å². The van der Waals surface area contributed by atoms with Gasteiger partial charge < -0.3 is 14.5 Å². The third-order valence-corrected chi connectivity index (χ3v) is 4.19. The third-order valence-electron chi connectivity index (χ3n) is 2.60. The van der Waals surface area contributed by atoms with Crippen LogP contribution in [-0.2, 0) is 10.0 Å². The molecule has 2 rings (SSSR count). The van der Waals surface area contributed by atoms with Crippen LogP contribution < -0.4 is 4.72 Å². The maximum atomic E-state index is 12.2. The molecular formula is C10H12N4O5S. The van der Waals surface area contributed by atoms with Crippen molar-refractivity contribution in [1.29, 1.82) is 0 Å². The molecule has 0 radical (unpaired) electrons. The van der Waals surface area contributed by atoms with E-state index in [0.29, 0.717) is 0 Å². The van der Waals surface area contributed by atoms with Crippen molar-refractivity contribution in [2.24, 2.45) is 0 Å². The average Bonchev–Trinajstić information content (AvgIpc) is 2.82. The van der Waals surface area contributed by atoms with Gasteiger partial charge in [-0.1, -0.05) is 5.10 Å². The van der Waals surface area contributed by atoms with Crippen LogP contribution in [0.4, 0.5) is 6.01 Å². The molecule has 3 N–H and O–H groups in total. The first kappa shape index (κ1) is 14.1. The lowest BCUT2D eigenvalue weighted by Crippen LogP contribution is -2.15. The second-order valence-electron chi connectivity index (χ2n) is 4.12. The molecule has 0 aliphatic rings. The first-order valence-corrected chi connectivity index (χ1v) is 6.96. The Kier molecular flexibility index (Phi) is 3.26. The number of hydrogen-bond acceptors (Lipinski definition) is 6. The van der Waals surface area contributed by atoms with E-state index in [-0.39, 0.29) is 33.8 Å². The summed E-state index contributed by atoms with van der Waals surface area (Å²) >= 11 is 0. The molecule has 0 saturated carbocycles. The molecule has 0 atom stereocenters. The summed E-state index contributed by atoms with van der Waals surface area (Å²) in [7, 11) is -4.01. The minimum absolute atomic E-state index is 0.110. The van der Waals surface area contributed by atoms with Crippen LogP contribution in [0.1, 0.15) is 27.6 Å². The van der Waals surface area contributed by atoms with Gasteiger partial charge in [-0.2, -0.15) is 0 Å². The monoisotopic (exact) mass is 300 g/mol. The Morgan fingerprint density at radius 2 is 1.95 bits per heavy atom. The minimum Gasteiger partial charge on any atom is -0.477 e. The molecule has 0 bridgehead atoms. The highest BCUT2D eigenvalue weighted by atomic mass is 32.2. The van der Waals surface area contributed by atoms with Crippen LogP contribution in [-0.4, -0.2) is 34.7 Å². The van der Waals surface area contributed by atoms with Gasteiger partial charge in [0.25, 0.3) is 10.0 Å². The van der Waals surface area contributed by atoms with E-state index in [1.807, 2.05) is 0 Å². The SMILES string of the molecule is Cc1nnc(NS(=O)(=O)c2c(C)[nH]c(C(=O)O)c2C)o1. The van der Waals surface area contributed by atoms with Gasteiger partial charge in [0, 0.05) is 18.2 Å². The number of nitrogens with one attached hydrogen (secondary N) is 2. The first-order valence-electron chi connectivity index (χ1n) is 5.47. The lowest BCUT2D eigenvalue weighted by atomic mass is 10.2. The molecule has 20 heavy (non-hydrogen) atoms. The zero-order chi connectivity index (χ0) is 15.1. The van der Waals surface area contributed by atoms with Crippen LogP contribution in [0, 0.1) is 20.8 Å². The van der Waals surface area contributed by atoms with Gasteiger partial charge >= 0.3 is 12.0 Å². The van der Waals surface area contributed by atoms with E-state index in [9.17, 15) is 13.2 Å². The highest BCUT2D eigenvalue weighted by molar-refractivity contribution is 7.92. The van der Waals surface area contributed by atoms with Crippen LogP contribution in [0.25, 0.3) is 0 Å². The normalized spacial score (nSPS) is 11.6. The Hall–Kier alpha value is -2.36. The largest absolute Gasteiger partial charge is 0.477 e. The zero-order valence-corrected chi connectivity index (χ0v) is 11.7. The van der Waals surface area contributed by atoms with Gasteiger partial charge in [0.15, 0.2) is 0 Å². The van der Waals surface area contributed by atoms with E-state index in [0.717, 1.165) is 0 Å². The van der Waals surface area contributed by atoms with E-state index >= 15 is 0 Å². The number of sulfonamides is 1. The Labute approximate surface area is 114 Å². The van der Waals surface area contributed by atoms with Gasteiger partial charge in [0.05, 0.1) is 0 Å². The van der Waals surface area contributed by atoms with Gasteiger partial charge in [-0.05, 0) is 13.8 Å². The maximum Gasteiger partial charge on any atom is 0.352 e. The van der Waals surface area contributed by atoms with Gasteiger partial charge in [-0.25, -0.2) is 17.9 Å². The first-order chi connectivity index (χ1) is 9.22. The minimum atomic E-state index is -4.01. The predicted molar refractivity (Wildman–Crippen MR) is 67.1 cm³/mol. The van der Waals surface area contributed by atoms with Gasteiger partial charge in [0.1, 0.15) is 10.6 Å². The van der Waals surface area contributed by atoms with Crippen molar-refractivity contribution in [2.75, 3.05) is 4.72 Å². The van der Waals surface area contributed by atoms with Crippen molar-refractivity contribution in [3.05, 3.63) is 22.8 Å². The van der Waals surface area contributed by atoms with E-state index in [4.69, 9.17) is 9.52 Å². The Bertz CT molecular complexity index is 774. The molecule has 0 fully saturated rings. The summed E-state index contributed by atoms with van der Waals surface area (Å²) < 4.78 is 31.5. The zero-order valence-electron chi connectivity index (χ0n) is 10.9. The number of nitrogens with zero attached hydrogens (tertiary/aromatic N) is 2. The summed E-state index contributed by atoms with van der Waals surface area (Å²) in [5.74, 6) is -1.03. The standard InChI is InChI=1S/C10H12N4O5S/c1-4-7(9(15)16)11-5(2)8(4)20(17,18)14-10-13-12-6(3)19-10/h11H,1-3H3,(H,13,14)(H,15,16). The quantitative estimate of drug-likeness (QED) is 0.759. The number of aromatic nitrogens is 3. The Morgan fingerprint density at radius 3 is 2.40 bits per heavy atom. The summed E-state index contributed by atoms with van der Waals surface area (Å²) in [5.41, 5.74) is 0.145. The number of carboxylic acids is 1. The molecular weight excluding hydrogens is 288 g/mol. The number of aromatic carboxylic acids is 1. The summed E-state index contributed by atoms with van der Waals surface area (Å²) in [6.07, 6.45) is 0. The number of H-pyrrole nitrogens is 1. The molecule has 0 saturated heterocycles. The fraction of sp³-hybridized carbons (Fsp3) is 0.300. The molecule has 0 spiro atoms. The molecule has 10 heteroatoms. The molecule has 108 valence electrons. The van der Waals surface area contributed by atoms with Crippen molar-refractivity contribution in [3.8, 4) is 0 Å². The molecule has 2 aromatic rings. The molecule has 0 aromatic carbocycles. The van der Waals surface area contributed by atoms with Crippen LogP contribution >= 0.6 is 0 Å². The summed E-state index contributed by atoms with van der Waals surface area (Å²) in [5, 5.41) is 16.0. The molecule has 0 amide bonds. The number of hydrogen-bond donors (Lipinski definition) is 3. The number of rotatable bonds is 4. The highest BCUT2D eigenvalue weighted by Crippen LogP contribution is 2.25. The lowest BCUT2D eigenvalue weighted by molar-refractivity contribution is 0.0690. The number of carbonyl (C=O) groups is 1.